The van der Waals surface area contributed by atoms with Crippen molar-refractivity contribution in [2.24, 2.45) is 11.8 Å². The molecule has 1 heterocycles. The standard InChI is InChI=1S/C23H26ClN3O3/c1-14-6-5-9-19(15(14)2)25-21(28)23(30)18-7-3-4-8-20(18)26-22(29)27(23)17-12-10-16(24)11-13-17/h3-4,7-8,10-15,19,30H,5-6,9H2,1-2H3,(H,25,28)(H,26,29)/t14-,15-,19+,23+/m1/s1. The summed E-state index contributed by atoms with van der Waals surface area (Å²) >= 11 is 6.00. The zero-order valence-electron chi connectivity index (χ0n) is 17.1. The Kier molecular flexibility index (Phi) is 5.47. The third kappa shape index (κ3) is 3.44. The van der Waals surface area contributed by atoms with Crippen LogP contribution < -0.4 is 15.5 Å². The lowest BCUT2D eigenvalue weighted by Crippen LogP contribution is -2.64. The number of anilines is 2. The maximum Gasteiger partial charge on any atom is 0.329 e. The summed E-state index contributed by atoms with van der Waals surface area (Å²) in [4.78, 5) is 27.7. The minimum absolute atomic E-state index is 0.0607. The topological polar surface area (TPSA) is 81.7 Å². The Morgan fingerprint density at radius 3 is 2.60 bits per heavy atom. The van der Waals surface area contributed by atoms with Gasteiger partial charge >= 0.3 is 6.03 Å². The number of nitrogens with zero attached hydrogens (tertiary/aromatic N) is 1. The van der Waals surface area contributed by atoms with Crippen LogP contribution in [0.4, 0.5) is 16.2 Å². The second-order valence-electron chi connectivity index (χ2n) is 8.31. The Balaban J connectivity index is 1.77. The van der Waals surface area contributed by atoms with E-state index in [9.17, 15) is 14.7 Å². The van der Waals surface area contributed by atoms with Gasteiger partial charge < -0.3 is 15.7 Å². The first-order valence-electron chi connectivity index (χ1n) is 10.3. The van der Waals surface area contributed by atoms with Crippen molar-refractivity contribution in [3.63, 3.8) is 0 Å². The zero-order valence-corrected chi connectivity index (χ0v) is 17.8. The number of hydrogen-bond acceptors (Lipinski definition) is 3. The number of carbonyl (C=O) groups is 2. The second kappa shape index (κ2) is 7.93. The minimum atomic E-state index is -2.19. The number of aliphatic hydroxyl groups is 1. The highest BCUT2D eigenvalue weighted by Gasteiger charge is 2.52. The molecule has 2 aromatic carbocycles. The molecule has 2 aromatic rings. The summed E-state index contributed by atoms with van der Waals surface area (Å²) in [5, 5.41) is 18.2. The molecule has 30 heavy (non-hydrogen) atoms. The average molecular weight is 428 g/mol. The van der Waals surface area contributed by atoms with E-state index in [1.54, 1.807) is 48.5 Å². The van der Waals surface area contributed by atoms with Crippen LogP contribution in [0.25, 0.3) is 0 Å². The van der Waals surface area contributed by atoms with E-state index in [2.05, 4.69) is 24.5 Å². The molecule has 3 amide bonds. The van der Waals surface area contributed by atoms with Crippen LogP contribution in [-0.2, 0) is 10.5 Å². The number of amides is 3. The van der Waals surface area contributed by atoms with Crippen LogP contribution in [0.1, 0.15) is 38.7 Å². The van der Waals surface area contributed by atoms with Gasteiger partial charge in [0.2, 0.25) is 0 Å². The van der Waals surface area contributed by atoms with E-state index in [-0.39, 0.29) is 12.0 Å². The molecule has 158 valence electrons. The third-order valence-corrected chi connectivity index (χ3v) is 6.75. The molecule has 1 saturated carbocycles. The summed E-state index contributed by atoms with van der Waals surface area (Å²) in [7, 11) is 0. The Morgan fingerprint density at radius 2 is 1.87 bits per heavy atom. The first kappa shape index (κ1) is 20.7. The molecule has 0 radical (unpaired) electrons. The summed E-state index contributed by atoms with van der Waals surface area (Å²) in [6.45, 7) is 4.30. The van der Waals surface area contributed by atoms with Crippen LogP contribution in [0.15, 0.2) is 48.5 Å². The highest BCUT2D eigenvalue weighted by molar-refractivity contribution is 6.30. The largest absolute Gasteiger partial charge is 0.359 e. The fourth-order valence-electron chi connectivity index (χ4n) is 4.51. The summed E-state index contributed by atoms with van der Waals surface area (Å²) < 4.78 is 0. The number of hydrogen-bond donors (Lipinski definition) is 3. The van der Waals surface area contributed by atoms with Gasteiger partial charge in [-0.05, 0) is 48.6 Å². The normalized spacial score (nSPS) is 28.5. The van der Waals surface area contributed by atoms with Gasteiger partial charge in [0.05, 0.1) is 5.69 Å². The van der Waals surface area contributed by atoms with Crippen molar-refractivity contribution < 1.29 is 14.7 Å². The Morgan fingerprint density at radius 1 is 1.17 bits per heavy atom. The molecule has 0 bridgehead atoms. The molecule has 0 spiro atoms. The molecule has 7 heteroatoms. The molecular formula is C23H26ClN3O3. The summed E-state index contributed by atoms with van der Waals surface area (Å²) in [5.41, 5.74) is -1.08. The van der Waals surface area contributed by atoms with E-state index < -0.39 is 17.7 Å². The fourth-order valence-corrected chi connectivity index (χ4v) is 4.63. The minimum Gasteiger partial charge on any atom is -0.359 e. The number of urea groups is 1. The van der Waals surface area contributed by atoms with Gasteiger partial charge in [-0.1, -0.05) is 56.5 Å². The van der Waals surface area contributed by atoms with Gasteiger partial charge in [0.15, 0.2) is 0 Å². The van der Waals surface area contributed by atoms with Gasteiger partial charge in [-0.15, -0.1) is 0 Å². The van der Waals surface area contributed by atoms with E-state index in [1.807, 2.05) is 0 Å². The lowest BCUT2D eigenvalue weighted by atomic mass is 9.78. The van der Waals surface area contributed by atoms with Crippen LogP contribution in [0.5, 0.6) is 0 Å². The average Bonchev–Trinajstić information content (AvgIpc) is 2.72. The van der Waals surface area contributed by atoms with Gasteiger partial charge in [0.25, 0.3) is 11.6 Å². The second-order valence-corrected chi connectivity index (χ2v) is 8.74. The van der Waals surface area contributed by atoms with E-state index in [4.69, 9.17) is 11.6 Å². The summed E-state index contributed by atoms with van der Waals surface area (Å²) in [6.07, 6.45) is 2.99. The molecule has 1 aliphatic heterocycles. The van der Waals surface area contributed by atoms with Crippen molar-refractivity contribution in [3.05, 3.63) is 59.1 Å². The Hall–Kier alpha value is -2.57. The number of halogens is 1. The van der Waals surface area contributed by atoms with Crippen molar-refractivity contribution in [1.29, 1.82) is 0 Å². The van der Waals surface area contributed by atoms with Crippen molar-refractivity contribution >= 4 is 34.9 Å². The van der Waals surface area contributed by atoms with Crippen LogP contribution in [0.3, 0.4) is 0 Å². The Labute approximate surface area is 181 Å². The number of benzene rings is 2. The first-order chi connectivity index (χ1) is 14.3. The van der Waals surface area contributed by atoms with Crippen molar-refractivity contribution in [2.75, 3.05) is 10.2 Å². The van der Waals surface area contributed by atoms with Crippen molar-refractivity contribution in [1.82, 2.24) is 5.32 Å². The molecule has 1 fully saturated rings. The van der Waals surface area contributed by atoms with Crippen LogP contribution >= 0.6 is 11.6 Å². The first-order valence-corrected chi connectivity index (χ1v) is 10.7. The number of para-hydroxylation sites is 1. The van der Waals surface area contributed by atoms with Crippen LogP contribution in [0, 0.1) is 11.8 Å². The Bertz CT molecular complexity index is 964. The number of nitrogens with one attached hydrogen (secondary N) is 2. The molecule has 0 saturated heterocycles. The SMILES string of the molecule is C[C@@H]1[C@H](C)CCC[C@@H]1NC(=O)[C@@]1(O)c2ccccc2NC(=O)N1c1ccc(Cl)cc1. The molecule has 2 aliphatic rings. The van der Waals surface area contributed by atoms with Gasteiger partial charge in [0.1, 0.15) is 0 Å². The van der Waals surface area contributed by atoms with Gasteiger partial charge in [0, 0.05) is 22.3 Å². The fraction of sp³-hybridized carbons (Fsp3) is 0.391. The number of carbonyl (C=O) groups excluding carboxylic acids is 2. The van der Waals surface area contributed by atoms with Crippen LogP contribution in [0.2, 0.25) is 5.02 Å². The highest BCUT2D eigenvalue weighted by Crippen LogP contribution is 2.40. The van der Waals surface area contributed by atoms with Crippen molar-refractivity contribution in [2.45, 2.75) is 44.9 Å². The maximum absolute atomic E-state index is 13.6. The third-order valence-electron chi connectivity index (χ3n) is 6.50. The monoisotopic (exact) mass is 427 g/mol. The molecule has 3 N–H and O–H groups in total. The van der Waals surface area contributed by atoms with Gasteiger partial charge in [-0.2, -0.15) is 0 Å². The molecule has 4 rings (SSSR count). The summed E-state index contributed by atoms with van der Waals surface area (Å²) in [5.74, 6) is 0.154. The van der Waals surface area contributed by atoms with E-state index in [1.165, 1.54) is 0 Å². The molecule has 4 atom stereocenters. The van der Waals surface area contributed by atoms with Crippen molar-refractivity contribution in [3.8, 4) is 0 Å². The quantitative estimate of drug-likeness (QED) is 0.675. The van der Waals surface area contributed by atoms with Gasteiger partial charge in [-0.25, -0.2) is 4.79 Å². The lowest BCUT2D eigenvalue weighted by molar-refractivity contribution is -0.141. The molecule has 0 aromatic heterocycles. The van der Waals surface area contributed by atoms with E-state index >= 15 is 0 Å². The zero-order chi connectivity index (χ0) is 21.5. The highest BCUT2D eigenvalue weighted by atomic mass is 35.5. The van der Waals surface area contributed by atoms with Gasteiger partial charge in [-0.3, -0.25) is 9.69 Å². The lowest BCUT2D eigenvalue weighted by Gasteiger charge is -2.44. The van der Waals surface area contributed by atoms with E-state index in [0.717, 1.165) is 24.2 Å². The number of rotatable bonds is 3. The summed E-state index contributed by atoms with van der Waals surface area (Å²) in [6, 6.07) is 12.6. The predicted octanol–water partition coefficient (Wildman–Crippen LogP) is 4.48. The molecule has 0 unspecified atom stereocenters. The molecule has 1 aliphatic carbocycles. The smallest absolute Gasteiger partial charge is 0.329 e. The van der Waals surface area contributed by atoms with E-state index in [0.29, 0.717) is 27.9 Å². The van der Waals surface area contributed by atoms with Crippen LogP contribution in [-0.4, -0.2) is 23.1 Å². The predicted molar refractivity (Wildman–Crippen MR) is 117 cm³/mol. The molecule has 6 nitrogen and oxygen atoms in total. The molecular weight excluding hydrogens is 402 g/mol. The number of fused-ring (bicyclic) bond motifs is 1. The maximum atomic E-state index is 13.6.